The van der Waals surface area contributed by atoms with E-state index in [4.69, 9.17) is 11.6 Å². The molecule has 1 amide bonds. The van der Waals surface area contributed by atoms with E-state index in [1.54, 1.807) is 16.7 Å². The summed E-state index contributed by atoms with van der Waals surface area (Å²) in [7, 11) is 0. The molecule has 7 heteroatoms. The van der Waals surface area contributed by atoms with Crippen LogP contribution in [-0.2, 0) is 17.9 Å². The lowest BCUT2D eigenvalue weighted by molar-refractivity contribution is -0.118. The van der Waals surface area contributed by atoms with Gasteiger partial charge in [-0.2, -0.15) is 0 Å². The predicted octanol–water partition coefficient (Wildman–Crippen LogP) is 4.82. The second-order valence-corrected chi connectivity index (χ2v) is 8.87. The van der Waals surface area contributed by atoms with Gasteiger partial charge in [-0.3, -0.25) is 14.2 Å². The lowest BCUT2D eigenvalue weighted by Crippen LogP contribution is -2.27. The van der Waals surface area contributed by atoms with Crippen molar-refractivity contribution >= 4 is 40.3 Å². The zero-order chi connectivity index (χ0) is 22.5. The smallest absolute Gasteiger partial charge is 0.283 e. The van der Waals surface area contributed by atoms with Crippen molar-refractivity contribution in [1.29, 1.82) is 0 Å². The topological polar surface area (TPSA) is 64.0 Å². The van der Waals surface area contributed by atoms with Crippen LogP contribution in [0.3, 0.4) is 0 Å². The van der Waals surface area contributed by atoms with Gasteiger partial charge in [0, 0.05) is 11.6 Å². The van der Waals surface area contributed by atoms with Crippen LogP contribution in [0.1, 0.15) is 16.7 Å². The molecule has 4 aromatic rings. The molecule has 0 saturated heterocycles. The van der Waals surface area contributed by atoms with Crippen LogP contribution in [0, 0.1) is 6.92 Å². The number of aromatic nitrogens is 2. The van der Waals surface area contributed by atoms with Gasteiger partial charge in [-0.15, -0.1) is 0 Å². The van der Waals surface area contributed by atoms with Crippen LogP contribution in [0.15, 0.2) is 82.6 Å². The molecule has 5 nitrogen and oxygen atoms in total. The molecule has 4 rings (SSSR count). The minimum Gasteiger partial charge on any atom is -0.351 e. The van der Waals surface area contributed by atoms with E-state index in [2.05, 4.69) is 10.3 Å². The third-order valence-corrected chi connectivity index (χ3v) is 6.22. The quantitative estimate of drug-likeness (QED) is 0.399. The molecule has 1 N–H and O–H groups in total. The van der Waals surface area contributed by atoms with Crippen molar-refractivity contribution in [3.8, 4) is 0 Å². The standard InChI is InChI=1S/C25H22ClN3O2S/c1-17-6-8-19(9-7-17)15-29-22-5-3-2-4-21(22)28-24(25(29)31)32-16-23(30)27-14-18-10-12-20(26)13-11-18/h2-13H,14-16H2,1H3,(H,27,30). The number of carbonyl (C=O) groups is 1. The van der Waals surface area contributed by atoms with Crippen molar-refractivity contribution in [1.82, 2.24) is 14.9 Å². The van der Waals surface area contributed by atoms with Crippen molar-refractivity contribution in [2.45, 2.75) is 25.0 Å². The summed E-state index contributed by atoms with van der Waals surface area (Å²) in [6.07, 6.45) is 0. The maximum Gasteiger partial charge on any atom is 0.283 e. The first-order valence-corrected chi connectivity index (χ1v) is 11.5. The van der Waals surface area contributed by atoms with Gasteiger partial charge in [0.25, 0.3) is 5.56 Å². The second kappa shape index (κ2) is 10.0. The van der Waals surface area contributed by atoms with Gasteiger partial charge < -0.3 is 5.32 Å². The molecular formula is C25H22ClN3O2S. The number of thioether (sulfide) groups is 1. The van der Waals surface area contributed by atoms with Crippen LogP contribution in [0.4, 0.5) is 0 Å². The highest BCUT2D eigenvalue weighted by molar-refractivity contribution is 7.99. The molecule has 0 unspecified atom stereocenters. The summed E-state index contributed by atoms with van der Waals surface area (Å²) in [4.78, 5) is 30.1. The normalized spacial score (nSPS) is 10.9. The van der Waals surface area contributed by atoms with Crippen molar-refractivity contribution < 1.29 is 4.79 Å². The molecular weight excluding hydrogens is 442 g/mol. The number of para-hydroxylation sites is 2. The minimum atomic E-state index is -0.195. The average molecular weight is 464 g/mol. The van der Waals surface area contributed by atoms with Crippen molar-refractivity contribution in [2.24, 2.45) is 0 Å². The number of rotatable bonds is 7. The van der Waals surface area contributed by atoms with Gasteiger partial charge in [-0.05, 0) is 42.3 Å². The number of fused-ring (bicyclic) bond motifs is 1. The maximum atomic E-state index is 13.2. The van der Waals surface area contributed by atoms with E-state index >= 15 is 0 Å². The summed E-state index contributed by atoms with van der Waals surface area (Å²) in [5.41, 5.74) is 4.46. The first kappa shape index (κ1) is 22.1. The van der Waals surface area contributed by atoms with E-state index in [1.165, 1.54) is 5.56 Å². The van der Waals surface area contributed by atoms with E-state index in [9.17, 15) is 9.59 Å². The number of nitrogens with one attached hydrogen (secondary N) is 1. The fourth-order valence-corrected chi connectivity index (χ4v) is 4.18. The number of carbonyl (C=O) groups excluding carboxylic acids is 1. The molecule has 0 saturated carbocycles. The molecule has 0 radical (unpaired) electrons. The molecule has 0 spiro atoms. The Morgan fingerprint density at radius 2 is 1.69 bits per heavy atom. The number of hydrogen-bond donors (Lipinski definition) is 1. The second-order valence-electron chi connectivity index (χ2n) is 7.47. The molecule has 1 aromatic heterocycles. The number of nitrogens with zero attached hydrogens (tertiary/aromatic N) is 2. The summed E-state index contributed by atoms with van der Waals surface area (Å²) in [5.74, 6) is -0.0528. The Balaban J connectivity index is 1.51. The van der Waals surface area contributed by atoms with Crippen molar-refractivity contribution in [3.63, 3.8) is 0 Å². The van der Waals surface area contributed by atoms with E-state index in [1.807, 2.05) is 67.6 Å². The van der Waals surface area contributed by atoms with Gasteiger partial charge in [0.05, 0.1) is 23.3 Å². The molecule has 0 atom stereocenters. The minimum absolute atomic E-state index is 0.110. The van der Waals surface area contributed by atoms with Crippen LogP contribution in [0.2, 0.25) is 5.02 Å². The Morgan fingerprint density at radius 1 is 1.00 bits per heavy atom. The highest BCUT2D eigenvalue weighted by Crippen LogP contribution is 2.18. The molecule has 0 aliphatic heterocycles. The summed E-state index contributed by atoms with van der Waals surface area (Å²) in [5, 5.41) is 3.84. The number of amides is 1. The van der Waals surface area contributed by atoms with Gasteiger partial charge in [0.1, 0.15) is 0 Å². The molecule has 0 aliphatic carbocycles. The summed E-state index contributed by atoms with van der Waals surface area (Å²) in [6.45, 7) is 2.88. The van der Waals surface area contributed by atoms with Crippen molar-refractivity contribution in [3.05, 3.63) is 105 Å². The lowest BCUT2D eigenvalue weighted by atomic mass is 10.1. The fourth-order valence-electron chi connectivity index (χ4n) is 3.28. The van der Waals surface area contributed by atoms with Gasteiger partial charge in [-0.1, -0.05) is 77.5 Å². The van der Waals surface area contributed by atoms with Crippen LogP contribution >= 0.6 is 23.4 Å². The van der Waals surface area contributed by atoms with Gasteiger partial charge in [0.15, 0.2) is 5.03 Å². The fraction of sp³-hybridized carbons (Fsp3) is 0.160. The van der Waals surface area contributed by atoms with Crippen LogP contribution in [0.5, 0.6) is 0 Å². The largest absolute Gasteiger partial charge is 0.351 e. The zero-order valence-electron chi connectivity index (χ0n) is 17.5. The number of hydrogen-bond acceptors (Lipinski definition) is 4. The summed E-state index contributed by atoms with van der Waals surface area (Å²) in [6, 6.07) is 23.0. The first-order chi connectivity index (χ1) is 15.5. The molecule has 3 aromatic carbocycles. The third kappa shape index (κ3) is 5.39. The number of benzene rings is 3. The highest BCUT2D eigenvalue weighted by atomic mass is 35.5. The lowest BCUT2D eigenvalue weighted by Gasteiger charge is -2.12. The van der Waals surface area contributed by atoms with E-state index in [-0.39, 0.29) is 17.2 Å². The van der Waals surface area contributed by atoms with Crippen LogP contribution in [-0.4, -0.2) is 21.2 Å². The monoisotopic (exact) mass is 463 g/mol. The van der Waals surface area contributed by atoms with Gasteiger partial charge in [0.2, 0.25) is 5.91 Å². The van der Waals surface area contributed by atoms with E-state index < -0.39 is 0 Å². The summed E-state index contributed by atoms with van der Waals surface area (Å²) < 4.78 is 1.72. The van der Waals surface area contributed by atoms with Gasteiger partial charge in [-0.25, -0.2) is 4.98 Å². The number of aryl methyl sites for hydroxylation is 1. The average Bonchev–Trinajstić information content (AvgIpc) is 2.80. The van der Waals surface area contributed by atoms with E-state index in [0.29, 0.717) is 23.1 Å². The van der Waals surface area contributed by atoms with Gasteiger partial charge >= 0.3 is 0 Å². The zero-order valence-corrected chi connectivity index (χ0v) is 19.1. The molecule has 32 heavy (non-hydrogen) atoms. The highest BCUT2D eigenvalue weighted by Gasteiger charge is 2.13. The Morgan fingerprint density at radius 3 is 2.44 bits per heavy atom. The Bertz CT molecular complexity index is 1300. The molecule has 1 heterocycles. The maximum absolute atomic E-state index is 13.2. The van der Waals surface area contributed by atoms with Crippen LogP contribution in [0.25, 0.3) is 11.0 Å². The van der Waals surface area contributed by atoms with Crippen LogP contribution < -0.4 is 10.9 Å². The Kier molecular flexibility index (Phi) is 6.93. The predicted molar refractivity (Wildman–Crippen MR) is 130 cm³/mol. The molecule has 162 valence electrons. The molecule has 0 bridgehead atoms. The molecule has 0 aliphatic rings. The number of halogens is 1. The first-order valence-electron chi connectivity index (χ1n) is 10.2. The summed E-state index contributed by atoms with van der Waals surface area (Å²) >= 11 is 7.05. The van der Waals surface area contributed by atoms with E-state index in [0.717, 1.165) is 33.9 Å². The SMILES string of the molecule is Cc1ccc(Cn2c(=O)c(SCC(=O)NCc3ccc(Cl)cc3)nc3ccccc32)cc1. The Labute approximate surface area is 195 Å². The molecule has 0 fully saturated rings. The Hall–Kier alpha value is -3.09. The van der Waals surface area contributed by atoms with Crippen molar-refractivity contribution in [2.75, 3.05) is 5.75 Å². The third-order valence-electron chi connectivity index (χ3n) is 5.03.